The van der Waals surface area contributed by atoms with E-state index in [-0.39, 0.29) is 0 Å². The van der Waals surface area contributed by atoms with Crippen LogP contribution in [0.15, 0.2) is 24.0 Å². The predicted molar refractivity (Wildman–Crippen MR) is 44.3 cm³/mol. The summed E-state index contributed by atoms with van der Waals surface area (Å²) in [5.74, 6) is 0. The summed E-state index contributed by atoms with van der Waals surface area (Å²) in [5.41, 5.74) is 2.80. The molecule has 0 spiro atoms. The van der Waals surface area contributed by atoms with Gasteiger partial charge in [0.2, 0.25) is 0 Å². The molecule has 0 radical (unpaired) electrons. The van der Waals surface area contributed by atoms with Crippen molar-refractivity contribution in [3.8, 4) is 10.6 Å². The van der Waals surface area contributed by atoms with E-state index in [1.807, 2.05) is 31.0 Å². The molecule has 0 amide bonds. The third kappa shape index (κ3) is 1.17. The molecule has 56 valence electrons. The number of hydrogen-bond donors (Lipinski definition) is 0. The Morgan fingerprint density at radius 3 is 3.00 bits per heavy atom. The zero-order chi connectivity index (χ0) is 7.68. The zero-order valence-electron chi connectivity index (χ0n) is 6.06. The number of rotatable bonds is 1. The van der Waals surface area contributed by atoms with Crippen molar-refractivity contribution >= 4 is 11.3 Å². The molecule has 0 unspecified atom stereocenters. The summed E-state index contributed by atoms with van der Waals surface area (Å²) in [6.45, 7) is 0. The van der Waals surface area contributed by atoms with Crippen molar-refractivity contribution in [2.75, 3.05) is 0 Å². The van der Waals surface area contributed by atoms with Crippen LogP contribution in [0.1, 0.15) is 0 Å². The standard InChI is InChI=1S/C7H7N3S/c1-10-3-2-6(9-10)7-4-8-5-11-7/h2-5H,1H3. The van der Waals surface area contributed by atoms with Crippen LogP contribution in [0.4, 0.5) is 0 Å². The monoisotopic (exact) mass is 165 g/mol. The molecular weight excluding hydrogens is 158 g/mol. The first-order chi connectivity index (χ1) is 5.36. The van der Waals surface area contributed by atoms with Crippen molar-refractivity contribution < 1.29 is 0 Å². The lowest BCUT2D eigenvalue weighted by atomic mass is 10.4. The van der Waals surface area contributed by atoms with Gasteiger partial charge >= 0.3 is 0 Å². The molecule has 0 aromatic carbocycles. The van der Waals surface area contributed by atoms with Gasteiger partial charge in [0.1, 0.15) is 5.69 Å². The fourth-order valence-corrected chi connectivity index (χ4v) is 1.48. The molecule has 0 aliphatic rings. The van der Waals surface area contributed by atoms with Crippen LogP contribution in [0.25, 0.3) is 10.6 Å². The Balaban J connectivity index is 2.45. The molecule has 4 heteroatoms. The lowest BCUT2D eigenvalue weighted by Crippen LogP contribution is -1.86. The van der Waals surface area contributed by atoms with Gasteiger partial charge in [-0.05, 0) is 6.07 Å². The molecule has 0 fully saturated rings. The van der Waals surface area contributed by atoms with Crippen molar-refractivity contribution in [2.24, 2.45) is 7.05 Å². The van der Waals surface area contributed by atoms with Gasteiger partial charge in [-0.3, -0.25) is 9.67 Å². The van der Waals surface area contributed by atoms with Gasteiger partial charge in [-0.2, -0.15) is 5.10 Å². The average molecular weight is 165 g/mol. The summed E-state index contributed by atoms with van der Waals surface area (Å²) in [4.78, 5) is 5.09. The van der Waals surface area contributed by atoms with Crippen molar-refractivity contribution in [3.05, 3.63) is 24.0 Å². The quantitative estimate of drug-likeness (QED) is 0.641. The maximum absolute atomic E-state index is 4.24. The van der Waals surface area contributed by atoms with Gasteiger partial charge in [-0.1, -0.05) is 0 Å². The molecule has 0 N–H and O–H groups in total. The first-order valence-corrected chi connectivity index (χ1v) is 4.13. The molecule has 2 heterocycles. The smallest absolute Gasteiger partial charge is 0.104 e. The summed E-state index contributed by atoms with van der Waals surface area (Å²) < 4.78 is 1.79. The summed E-state index contributed by atoms with van der Waals surface area (Å²) in [5, 5.41) is 4.24. The van der Waals surface area contributed by atoms with Gasteiger partial charge in [-0.15, -0.1) is 11.3 Å². The molecule has 0 saturated heterocycles. The Morgan fingerprint density at radius 2 is 2.45 bits per heavy atom. The lowest BCUT2D eigenvalue weighted by molar-refractivity contribution is 0.771. The van der Waals surface area contributed by atoms with Gasteiger partial charge in [0.25, 0.3) is 0 Å². The van der Waals surface area contributed by atoms with Gasteiger partial charge in [-0.25, -0.2) is 0 Å². The van der Waals surface area contributed by atoms with Crippen molar-refractivity contribution in [3.63, 3.8) is 0 Å². The maximum Gasteiger partial charge on any atom is 0.104 e. The van der Waals surface area contributed by atoms with E-state index in [0.717, 1.165) is 10.6 Å². The fourth-order valence-electron chi connectivity index (χ4n) is 0.889. The topological polar surface area (TPSA) is 30.7 Å². The highest BCUT2D eigenvalue weighted by Crippen LogP contribution is 2.19. The van der Waals surface area contributed by atoms with Crippen LogP contribution in [-0.2, 0) is 7.05 Å². The van der Waals surface area contributed by atoms with Crippen LogP contribution in [0.3, 0.4) is 0 Å². The van der Waals surface area contributed by atoms with E-state index in [1.165, 1.54) is 0 Å². The molecular formula is C7H7N3S. The molecule has 0 bridgehead atoms. The molecule has 11 heavy (non-hydrogen) atoms. The molecule has 3 nitrogen and oxygen atoms in total. The second kappa shape index (κ2) is 2.47. The van der Waals surface area contributed by atoms with Gasteiger partial charge in [0, 0.05) is 19.4 Å². The highest BCUT2D eigenvalue weighted by atomic mass is 32.1. The van der Waals surface area contributed by atoms with Crippen LogP contribution in [-0.4, -0.2) is 14.8 Å². The van der Waals surface area contributed by atoms with Crippen molar-refractivity contribution in [2.45, 2.75) is 0 Å². The van der Waals surface area contributed by atoms with Crippen LogP contribution >= 0.6 is 11.3 Å². The Labute approximate surface area is 68.3 Å². The average Bonchev–Trinajstić information content (AvgIpc) is 2.55. The van der Waals surface area contributed by atoms with Crippen LogP contribution in [0.2, 0.25) is 0 Å². The van der Waals surface area contributed by atoms with E-state index in [4.69, 9.17) is 0 Å². The number of nitrogens with zero attached hydrogens (tertiary/aromatic N) is 3. The Hall–Kier alpha value is -1.16. The van der Waals surface area contributed by atoms with Gasteiger partial charge in [0.15, 0.2) is 0 Å². The van der Waals surface area contributed by atoms with E-state index in [2.05, 4.69) is 10.1 Å². The fraction of sp³-hybridized carbons (Fsp3) is 0.143. The normalized spacial score (nSPS) is 10.3. The molecule has 2 aromatic heterocycles. The van der Waals surface area contributed by atoms with Gasteiger partial charge < -0.3 is 0 Å². The zero-order valence-corrected chi connectivity index (χ0v) is 6.88. The number of thiazole rings is 1. The summed E-state index contributed by atoms with van der Waals surface area (Å²) >= 11 is 1.60. The van der Waals surface area contributed by atoms with E-state index in [1.54, 1.807) is 16.0 Å². The minimum absolute atomic E-state index is 0.995. The molecule has 0 saturated carbocycles. The largest absolute Gasteiger partial charge is 0.275 e. The Kier molecular flexibility index (Phi) is 1.47. The molecule has 2 aromatic rings. The highest BCUT2D eigenvalue weighted by Gasteiger charge is 2.00. The maximum atomic E-state index is 4.24. The van der Waals surface area contributed by atoms with E-state index >= 15 is 0 Å². The van der Waals surface area contributed by atoms with Crippen LogP contribution in [0, 0.1) is 0 Å². The van der Waals surface area contributed by atoms with Crippen LogP contribution in [0.5, 0.6) is 0 Å². The summed E-state index contributed by atoms with van der Waals surface area (Å²) in [7, 11) is 1.91. The lowest BCUT2D eigenvalue weighted by Gasteiger charge is -1.86. The number of hydrogen-bond acceptors (Lipinski definition) is 3. The molecule has 0 aliphatic carbocycles. The summed E-state index contributed by atoms with van der Waals surface area (Å²) in [6, 6.07) is 1.98. The van der Waals surface area contributed by atoms with Crippen molar-refractivity contribution in [1.29, 1.82) is 0 Å². The predicted octanol–water partition coefficient (Wildman–Crippen LogP) is 1.54. The molecule has 2 rings (SSSR count). The minimum atomic E-state index is 0.995. The van der Waals surface area contributed by atoms with Crippen molar-refractivity contribution in [1.82, 2.24) is 14.8 Å². The number of aromatic nitrogens is 3. The van der Waals surface area contributed by atoms with Crippen LogP contribution < -0.4 is 0 Å². The second-order valence-electron chi connectivity index (χ2n) is 2.24. The van der Waals surface area contributed by atoms with E-state index in [9.17, 15) is 0 Å². The van der Waals surface area contributed by atoms with E-state index in [0.29, 0.717) is 0 Å². The first kappa shape index (κ1) is 6.54. The highest BCUT2D eigenvalue weighted by molar-refractivity contribution is 7.13. The van der Waals surface area contributed by atoms with E-state index < -0.39 is 0 Å². The summed E-state index contributed by atoms with van der Waals surface area (Å²) in [6.07, 6.45) is 3.75. The third-order valence-electron chi connectivity index (χ3n) is 1.40. The molecule has 0 atom stereocenters. The number of aryl methyl sites for hydroxylation is 1. The third-order valence-corrected chi connectivity index (χ3v) is 2.19. The SMILES string of the molecule is Cn1ccc(-c2cncs2)n1. The second-order valence-corrected chi connectivity index (χ2v) is 3.13. The van der Waals surface area contributed by atoms with Gasteiger partial charge in [0.05, 0.1) is 10.4 Å². The molecule has 0 aliphatic heterocycles. The minimum Gasteiger partial charge on any atom is -0.275 e. The Bertz CT molecular complexity index is 336. The first-order valence-electron chi connectivity index (χ1n) is 3.25. The Morgan fingerprint density at radius 1 is 1.55 bits per heavy atom.